The predicted molar refractivity (Wildman–Crippen MR) is 133 cm³/mol. The second-order valence-corrected chi connectivity index (χ2v) is 8.57. The highest BCUT2D eigenvalue weighted by molar-refractivity contribution is 5.99. The molecule has 6 heteroatoms. The summed E-state index contributed by atoms with van der Waals surface area (Å²) >= 11 is 0. The summed E-state index contributed by atoms with van der Waals surface area (Å²) in [6.45, 7) is 3.88. The maximum Gasteiger partial charge on any atom is 0.247 e. The van der Waals surface area contributed by atoms with E-state index < -0.39 is 6.04 Å². The molecule has 4 rings (SSSR count). The van der Waals surface area contributed by atoms with Crippen LogP contribution in [0, 0.1) is 19.7 Å². The van der Waals surface area contributed by atoms with E-state index in [1.165, 1.54) is 12.1 Å². The highest BCUT2D eigenvalue weighted by Crippen LogP contribution is 2.22. The molecule has 5 nitrogen and oxygen atoms in total. The Bertz CT molecular complexity index is 1310. The average Bonchev–Trinajstić information content (AvgIpc) is 3.22. The van der Waals surface area contributed by atoms with Gasteiger partial charge in [-0.25, -0.2) is 4.39 Å². The minimum atomic E-state index is -0.766. The summed E-state index contributed by atoms with van der Waals surface area (Å²) in [5.41, 5.74) is 5.33. The number of halogens is 1. The third-order valence-corrected chi connectivity index (χ3v) is 6.01. The first-order chi connectivity index (χ1) is 16.4. The van der Waals surface area contributed by atoms with E-state index in [4.69, 9.17) is 0 Å². The number of hydrogen-bond donors (Lipinski definition) is 3. The number of anilines is 1. The maximum atomic E-state index is 13.5. The summed E-state index contributed by atoms with van der Waals surface area (Å²) in [6, 6.07) is 19.1. The van der Waals surface area contributed by atoms with Crippen molar-refractivity contribution < 1.29 is 14.0 Å². The topological polar surface area (TPSA) is 74.0 Å². The molecule has 0 fully saturated rings. The van der Waals surface area contributed by atoms with Crippen molar-refractivity contribution in [1.29, 1.82) is 0 Å². The lowest BCUT2D eigenvalue weighted by Gasteiger charge is -2.20. The number of aromatic amines is 1. The molecule has 0 bridgehead atoms. The summed E-state index contributed by atoms with van der Waals surface area (Å²) in [5.74, 6) is -0.865. The van der Waals surface area contributed by atoms with Gasteiger partial charge >= 0.3 is 0 Å². The summed E-state index contributed by atoms with van der Waals surface area (Å²) < 4.78 is 13.5. The molecule has 174 valence electrons. The van der Waals surface area contributed by atoms with E-state index >= 15 is 0 Å². The number of fused-ring (bicyclic) bond motifs is 1. The SMILES string of the molecule is Cc1cccc(C)c1NC(=O)C(Cc1c[nH]c2ccccc12)NC(=O)CCc1cccc(F)c1. The summed E-state index contributed by atoms with van der Waals surface area (Å²) in [5, 5.41) is 6.93. The van der Waals surface area contributed by atoms with Crippen molar-refractivity contribution in [3.05, 3.63) is 101 Å². The molecule has 0 aliphatic carbocycles. The lowest BCUT2D eigenvalue weighted by Crippen LogP contribution is -2.45. The number of nitrogens with one attached hydrogen (secondary N) is 3. The Morgan fingerprint density at radius 1 is 0.971 bits per heavy atom. The summed E-state index contributed by atoms with van der Waals surface area (Å²) in [6.07, 6.45) is 2.77. The van der Waals surface area contributed by atoms with Gasteiger partial charge in [-0.2, -0.15) is 0 Å². The fraction of sp³-hybridized carbons (Fsp3) is 0.214. The van der Waals surface area contributed by atoms with Gasteiger partial charge in [0.25, 0.3) is 0 Å². The molecule has 2 amide bonds. The van der Waals surface area contributed by atoms with E-state index in [1.807, 2.05) is 62.5 Å². The van der Waals surface area contributed by atoms with Gasteiger partial charge in [0, 0.05) is 35.6 Å². The van der Waals surface area contributed by atoms with Crippen molar-refractivity contribution in [2.24, 2.45) is 0 Å². The van der Waals surface area contributed by atoms with Crippen LogP contribution in [-0.4, -0.2) is 22.8 Å². The number of benzene rings is 3. The number of aromatic nitrogens is 1. The fourth-order valence-corrected chi connectivity index (χ4v) is 4.17. The molecule has 0 spiro atoms. The molecule has 4 aromatic rings. The quantitative estimate of drug-likeness (QED) is 0.339. The van der Waals surface area contributed by atoms with Gasteiger partial charge in [0.05, 0.1) is 0 Å². The molecule has 1 heterocycles. The Hall–Kier alpha value is -3.93. The van der Waals surface area contributed by atoms with E-state index in [9.17, 15) is 14.0 Å². The molecule has 0 aliphatic rings. The molecule has 0 saturated heterocycles. The van der Waals surface area contributed by atoms with Crippen LogP contribution < -0.4 is 10.6 Å². The van der Waals surface area contributed by atoms with E-state index in [0.717, 1.165) is 38.8 Å². The number of para-hydroxylation sites is 2. The van der Waals surface area contributed by atoms with Crippen molar-refractivity contribution in [2.45, 2.75) is 39.2 Å². The Morgan fingerprint density at radius 3 is 2.47 bits per heavy atom. The zero-order valence-corrected chi connectivity index (χ0v) is 19.3. The van der Waals surface area contributed by atoms with Crippen LogP contribution in [0.3, 0.4) is 0 Å². The molecule has 3 N–H and O–H groups in total. The first-order valence-corrected chi connectivity index (χ1v) is 11.4. The van der Waals surface area contributed by atoms with Gasteiger partial charge in [0.1, 0.15) is 11.9 Å². The number of carbonyl (C=O) groups is 2. The predicted octanol–water partition coefficient (Wildman–Crippen LogP) is 5.22. The van der Waals surface area contributed by atoms with Gasteiger partial charge in [-0.15, -0.1) is 0 Å². The van der Waals surface area contributed by atoms with Crippen LogP contribution in [0.15, 0.2) is 72.9 Å². The second-order valence-electron chi connectivity index (χ2n) is 8.57. The molecular formula is C28H28FN3O2. The van der Waals surface area contributed by atoms with Crippen molar-refractivity contribution in [1.82, 2.24) is 10.3 Å². The first kappa shape index (κ1) is 23.2. The summed E-state index contributed by atoms with van der Waals surface area (Å²) in [4.78, 5) is 29.4. The van der Waals surface area contributed by atoms with Crippen LogP contribution in [0.1, 0.15) is 28.7 Å². The zero-order chi connectivity index (χ0) is 24.1. The molecule has 1 unspecified atom stereocenters. The number of carbonyl (C=O) groups excluding carboxylic acids is 2. The molecule has 0 radical (unpaired) electrons. The smallest absolute Gasteiger partial charge is 0.247 e. The number of aryl methyl sites for hydroxylation is 3. The van der Waals surface area contributed by atoms with Gasteiger partial charge < -0.3 is 15.6 Å². The van der Waals surface area contributed by atoms with Crippen LogP contribution in [0.2, 0.25) is 0 Å². The standard InChI is InChI=1S/C28H28FN3O2/c1-18-7-5-8-19(2)27(18)32-28(34)25(16-21-17-30-24-12-4-3-11-23(21)24)31-26(33)14-13-20-9-6-10-22(29)15-20/h3-12,15,17,25,30H,13-14,16H2,1-2H3,(H,31,33)(H,32,34). The van der Waals surface area contributed by atoms with E-state index in [0.29, 0.717) is 12.8 Å². The Kier molecular flexibility index (Phi) is 7.07. The van der Waals surface area contributed by atoms with Crippen molar-refractivity contribution in [3.8, 4) is 0 Å². The van der Waals surface area contributed by atoms with Gasteiger partial charge in [0.2, 0.25) is 11.8 Å². The molecule has 1 atom stereocenters. The van der Waals surface area contributed by atoms with E-state index in [-0.39, 0.29) is 24.1 Å². The normalized spacial score (nSPS) is 11.9. The zero-order valence-electron chi connectivity index (χ0n) is 19.3. The molecule has 34 heavy (non-hydrogen) atoms. The van der Waals surface area contributed by atoms with Crippen molar-refractivity contribution >= 4 is 28.4 Å². The molecule has 1 aromatic heterocycles. The fourth-order valence-electron chi connectivity index (χ4n) is 4.17. The first-order valence-electron chi connectivity index (χ1n) is 11.4. The Labute approximate surface area is 198 Å². The highest BCUT2D eigenvalue weighted by atomic mass is 19.1. The number of H-pyrrole nitrogens is 1. The van der Waals surface area contributed by atoms with Crippen molar-refractivity contribution in [2.75, 3.05) is 5.32 Å². The minimum absolute atomic E-state index is 0.157. The third kappa shape index (κ3) is 5.52. The molecule has 0 aliphatic heterocycles. The van der Waals surface area contributed by atoms with Gasteiger partial charge in [-0.3, -0.25) is 9.59 Å². The maximum absolute atomic E-state index is 13.5. The number of hydrogen-bond acceptors (Lipinski definition) is 2. The molecular weight excluding hydrogens is 429 g/mol. The van der Waals surface area contributed by atoms with Crippen molar-refractivity contribution in [3.63, 3.8) is 0 Å². The number of amides is 2. The summed E-state index contributed by atoms with van der Waals surface area (Å²) in [7, 11) is 0. The highest BCUT2D eigenvalue weighted by Gasteiger charge is 2.23. The van der Waals surface area contributed by atoms with E-state index in [2.05, 4.69) is 15.6 Å². The van der Waals surface area contributed by atoms with Gasteiger partial charge in [-0.1, -0.05) is 48.5 Å². The average molecular weight is 458 g/mol. The van der Waals surface area contributed by atoms with Gasteiger partial charge in [0.15, 0.2) is 0 Å². The lowest BCUT2D eigenvalue weighted by atomic mass is 10.0. The van der Waals surface area contributed by atoms with Crippen LogP contribution >= 0.6 is 0 Å². The Morgan fingerprint density at radius 2 is 1.71 bits per heavy atom. The van der Waals surface area contributed by atoms with E-state index in [1.54, 1.807) is 12.1 Å². The van der Waals surface area contributed by atoms with Crippen LogP contribution in [0.5, 0.6) is 0 Å². The molecule has 0 saturated carbocycles. The van der Waals surface area contributed by atoms with Crippen LogP contribution in [0.25, 0.3) is 10.9 Å². The number of rotatable bonds is 8. The third-order valence-electron chi connectivity index (χ3n) is 6.01. The largest absolute Gasteiger partial charge is 0.361 e. The molecule has 3 aromatic carbocycles. The van der Waals surface area contributed by atoms with Crippen LogP contribution in [-0.2, 0) is 22.4 Å². The van der Waals surface area contributed by atoms with Gasteiger partial charge in [-0.05, 0) is 60.7 Å². The second kappa shape index (κ2) is 10.3. The lowest BCUT2D eigenvalue weighted by molar-refractivity contribution is -0.126. The monoisotopic (exact) mass is 457 g/mol. The Balaban J connectivity index is 1.52. The minimum Gasteiger partial charge on any atom is -0.361 e. The van der Waals surface area contributed by atoms with Crippen LogP contribution in [0.4, 0.5) is 10.1 Å².